The zero-order valence-electron chi connectivity index (χ0n) is 8.75. The van der Waals surface area contributed by atoms with Crippen LogP contribution < -0.4 is 10.6 Å². The van der Waals surface area contributed by atoms with Crippen molar-refractivity contribution in [3.8, 4) is 0 Å². The highest BCUT2D eigenvalue weighted by molar-refractivity contribution is 6.30. The number of carbonyl (C=O) groups excluding carboxylic acids is 1. The average molecular weight is 228 g/mol. The van der Waals surface area contributed by atoms with Crippen molar-refractivity contribution in [1.29, 1.82) is 0 Å². The molecule has 5 heteroatoms. The van der Waals surface area contributed by atoms with Crippen LogP contribution in [0.1, 0.15) is 13.8 Å². The van der Waals surface area contributed by atoms with Gasteiger partial charge in [-0.25, -0.2) is 4.98 Å². The molecule has 1 heterocycles. The quantitative estimate of drug-likeness (QED) is 0.823. The Kier molecular flexibility index (Phi) is 4.52. The van der Waals surface area contributed by atoms with Crippen molar-refractivity contribution in [2.24, 2.45) is 0 Å². The minimum absolute atomic E-state index is 0.126. The minimum Gasteiger partial charge on any atom is -0.310 e. The molecule has 0 bridgehead atoms. The maximum Gasteiger partial charge on any atom is 0.239 e. The van der Waals surface area contributed by atoms with E-state index < -0.39 is 0 Å². The molecule has 0 aliphatic heterocycles. The number of amides is 1. The summed E-state index contributed by atoms with van der Waals surface area (Å²) in [7, 11) is 0. The molecule has 0 radical (unpaired) electrons. The SMILES string of the molecule is CC(C)NCC(=O)Nc1cc(Cl)ccn1. The number of carbonyl (C=O) groups is 1. The lowest BCUT2D eigenvalue weighted by atomic mass is 10.4. The van der Waals surface area contributed by atoms with Gasteiger partial charge in [0.15, 0.2) is 0 Å². The summed E-state index contributed by atoms with van der Waals surface area (Å²) in [5, 5.41) is 6.20. The van der Waals surface area contributed by atoms with Crippen LogP contribution in [0.15, 0.2) is 18.3 Å². The second kappa shape index (κ2) is 5.68. The van der Waals surface area contributed by atoms with E-state index in [0.29, 0.717) is 10.8 Å². The number of pyridine rings is 1. The van der Waals surface area contributed by atoms with Gasteiger partial charge in [-0.2, -0.15) is 0 Å². The Labute approximate surface area is 94.0 Å². The van der Waals surface area contributed by atoms with Gasteiger partial charge in [0.2, 0.25) is 5.91 Å². The Morgan fingerprint density at radius 2 is 2.33 bits per heavy atom. The van der Waals surface area contributed by atoms with Crippen LogP contribution >= 0.6 is 11.6 Å². The van der Waals surface area contributed by atoms with Crippen LogP contribution in [-0.4, -0.2) is 23.5 Å². The Morgan fingerprint density at radius 1 is 1.60 bits per heavy atom. The second-order valence-corrected chi connectivity index (χ2v) is 3.88. The highest BCUT2D eigenvalue weighted by Gasteiger charge is 2.03. The van der Waals surface area contributed by atoms with Gasteiger partial charge in [0.25, 0.3) is 0 Å². The van der Waals surface area contributed by atoms with Gasteiger partial charge in [-0.1, -0.05) is 25.4 Å². The molecule has 0 atom stereocenters. The lowest BCUT2D eigenvalue weighted by molar-refractivity contribution is -0.115. The number of hydrogen-bond acceptors (Lipinski definition) is 3. The molecule has 1 amide bonds. The second-order valence-electron chi connectivity index (χ2n) is 3.44. The topological polar surface area (TPSA) is 54.0 Å². The fraction of sp³-hybridized carbons (Fsp3) is 0.400. The molecular weight excluding hydrogens is 214 g/mol. The van der Waals surface area contributed by atoms with Crippen molar-refractivity contribution in [1.82, 2.24) is 10.3 Å². The van der Waals surface area contributed by atoms with Crippen molar-refractivity contribution in [3.05, 3.63) is 23.4 Å². The standard InChI is InChI=1S/C10H14ClN3O/c1-7(2)13-6-10(15)14-9-5-8(11)3-4-12-9/h3-5,7,13H,6H2,1-2H3,(H,12,14,15). The largest absolute Gasteiger partial charge is 0.310 e. The molecule has 82 valence electrons. The maximum absolute atomic E-state index is 11.4. The van der Waals surface area contributed by atoms with E-state index >= 15 is 0 Å². The monoisotopic (exact) mass is 227 g/mol. The fourth-order valence-corrected chi connectivity index (χ4v) is 1.12. The van der Waals surface area contributed by atoms with Crippen molar-refractivity contribution in [2.45, 2.75) is 19.9 Å². The summed E-state index contributed by atoms with van der Waals surface area (Å²) in [6.07, 6.45) is 1.55. The summed E-state index contributed by atoms with van der Waals surface area (Å²) in [4.78, 5) is 15.3. The van der Waals surface area contributed by atoms with Gasteiger partial charge in [-0.3, -0.25) is 4.79 Å². The Hall–Kier alpha value is -1.13. The molecule has 1 aromatic heterocycles. The first-order valence-corrected chi connectivity index (χ1v) is 5.10. The number of nitrogens with one attached hydrogen (secondary N) is 2. The number of hydrogen-bond donors (Lipinski definition) is 2. The summed E-state index contributed by atoms with van der Waals surface area (Å²) in [6.45, 7) is 4.22. The molecule has 0 aliphatic rings. The Balaban J connectivity index is 2.44. The normalized spacial score (nSPS) is 10.4. The first kappa shape index (κ1) is 11.9. The predicted molar refractivity (Wildman–Crippen MR) is 61.0 cm³/mol. The maximum atomic E-state index is 11.4. The molecule has 0 aromatic carbocycles. The van der Waals surface area contributed by atoms with Gasteiger partial charge >= 0.3 is 0 Å². The average Bonchev–Trinajstić information content (AvgIpc) is 2.15. The summed E-state index contributed by atoms with van der Waals surface area (Å²) in [5.74, 6) is 0.344. The molecule has 2 N–H and O–H groups in total. The molecule has 0 spiro atoms. The molecular formula is C10H14ClN3O. The van der Waals surface area contributed by atoms with Crippen molar-refractivity contribution >= 4 is 23.3 Å². The van der Waals surface area contributed by atoms with E-state index in [1.54, 1.807) is 18.3 Å². The molecule has 0 fully saturated rings. The third kappa shape index (κ3) is 4.76. The summed E-state index contributed by atoms with van der Waals surface area (Å²) in [6, 6.07) is 3.54. The van der Waals surface area contributed by atoms with Gasteiger partial charge in [0.1, 0.15) is 5.82 Å². The van der Waals surface area contributed by atoms with E-state index in [9.17, 15) is 4.79 Å². The van der Waals surface area contributed by atoms with E-state index in [1.165, 1.54) is 0 Å². The number of halogens is 1. The molecule has 15 heavy (non-hydrogen) atoms. The fourth-order valence-electron chi connectivity index (χ4n) is 0.957. The minimum atomic E-state index is -0.126. The van der Waals surface area contributed by atoms with Crippen LogP contribution in [0.25, 0.3) is 0 Å². The van der Waals surface area contributed by atoms with Crippen molar-refractivity contribution in [3.63, 3.8) is 0 Å². The van der Waals surface area contributed by atoms with Crippen LogP contribution in [-0.2, 0) is 4.79 Å². The summed E-state index contributed by atoms with van der Waals surface area (Å²) < 4.78 is 0. The zero-order chi connectivity index (χ0) is 11.3. The smallest absolute Gasteiger partial charge is 0.239 e. The summed E-state index contributed by atoms with van der Waals surface area (Å²) in [5.41, 5.74) is 0. The van der Waals surface area contributed by atoms with Gasteiger partial charge < -0.3 is 10.6 Å². The predicted octanol–water partition coefficient (Wildman–Crippen LogP) is 1.67. The molecule has 0 aliphatic carbocycles. The molecule has 0 unspecified atom stereocenters. The number of anilines is 1. The summed E-state index contributed by atoms with van der Waals surface area (Å²) >= 11 is 5.75. The Morgan fingerprint density at radius 3 is 2.93 bits per heavy atom. The number of aromatic nitrogens is 1. The Bertz CT molecular complexity index is 341. The van der Waals surface area contributed by atoms with E-state index in [4.69, 9.17) is 11.6 Å². The molecule has 4 nitrogen and oxygen atoms in total. The number of nitrogens with zero attached hydrogens (tertiary/aromatic N) is 1. The van der Waals surface area contributed by atoms with Gasteiger partial charge in [0, 0.05) is 17.3 Å². The van der Waals surface area contributed by atoms with Gasteiger partial charge in [0.05, 0.1) is 6.54 Å². The van der Waals surface area contributed by atoms with Crippen LogP contribution in [0.2, 0.25) is 5.02 Å². The molecule has 1 aromatic rings. The first-order chi connectivity index (χ1) is 7.08. The highest BCUT2D eigenvalue weighted by atomic mass is 35.5. The van der Waals surface area contributed by atoms with E-state index in [1.807, 2.05) is 13.8 Å². The van der Waals surface area contributed by atoms with E-state index in [0.717, 1.165) is 0 Å². The van der Waals surface area contributed by atoms with Crippen molar-refractivity contribution < 1.29 is 4.79 Å². The molecule has 0 saturated carbocycles. The van der Waals surface area contributed by atoms with E-state index in [2.05, 4.69) is 15.6 Å². The van der Waals surface area contributed by atoms with Crippen LogP contribution in [0.5, 0.6) is 0 Å². The van der Waals surface area contributed by atoms with Gasteiger partial charge in [-0.15, -0.1) is 0 Å². The third-order valence-corrected chi connectivity index (χ3v) is 1.90. The number of rotatable bonds is 4. The molecule has 1 rings (SSSR count). The van der Waals surface area contributed by atoms with E-state index in [-0.39, 0.29) is 18.5 Å². The third-order valence-electron chi connectivity index (χ3n) is 1.66. The highest BCUT2D eigenvalue weighted by Crippen LogP contribution is 2.11. The lowest BCUT2D eigenvalue weighted by Crippen LogP contribution is -2.32. The lowest BCUT2D eigenvalue weighted by Gasteiger charge is -2.08. The van der Waals surface area contributed by atoms with Crippen LogP contribution in [0.3, 0.4) is 0 Å². The first-order valence-electron chi connectivity index (χ1n) is 4.72. The van der Waals surface area contributed by atoms with Crippen LogP contribution in [0.4, 0.5) is 5.82 Å². The van der Waals surface area contributed by atoms with Crippen LogP contribution in [0, 0.1) is 0 Å². The molecule has 0 saturated heterocycles. The van der Waals surface area contributed by atoms with Crippen molar-refractivity contribution in [2.75, 3.05) is 11.9 Å². The zero-order valence-corrected chi connectivity index (χ0v) is 9.51. The van der Waals surface area contributed by atoms with Gasteiger partial charge in [-0.05, 0) is 12.1 Å².